The van der Waals surface area contributed by atoms with E-state index in [4.69, 9.17) is 14.6 Å². The van der Waals surface area contributed by atoms with E-state index in [1.807, 2.05) is 6.92 Å². The normalized spacial score (nSPS) is 9.06. The minimum Gasteiger partial charge on any atom is -0.508 e. The van der Waals surface area contributed by atoms with Gasteiger partial charge in [-0.1, -0.05) is 5.92 Å². The average Bonchev–Trinajstić information content (AvgIpc) is 2.30. The van der Waals surface area contributed by atoms with Crippen molar-refractivity contribution in [3.63, 3.8) is 0 Å². The molecular weight excluding hydrogens is 204 g/mol. The van der Waals surface area contributed by atoms with Crippen molar-refractivity contribution in [3.05, 3.63) is 24.3 Å². The van der Waals surface area contributed by atoms with E-state index in [2.05, 4.69) is 12.0 Å². The molecule has 1 rings (SSSR count). The van der Waals surface area contributed by atoms with E-state index in [1.54, 1.807) is 24.3 Å². The Bertz CT molecular complexity index is 346. The molecule has 0 spiro atoms. The van der Waals surface area contributed by atoms with Crippen LogP contribution in [-0.2, 0) is 4.74 Å². The third kappa shape index (κ3) is 5.16. The molecule has 3 heteroatoms. The van der Waals surface area contributed by atoms with Crippen molar-refractivity contribution >= 4 is 0 Å². The van der Waals surface area contributed by atoms with Gasteiger partial charge in [0.15, 0.2) is 0 Å². The van der Waals surface area contributed by atoms with Gasteiger partial charge in [-0.3, -0.25) is 0 Å². The van der Waals surface area contributed by atoms with Gasteiger partial charge in [-0.25, -0.2) is 0 Å². The van der Waals surface area contributed by atoms with E-state index in [1.165, 1.54) is 0 Å². The van der Waals surface area contributed by atoms with Crippen LogP contribution < -0.4 is 4.74 Å². The minimum atomic E-state index is 0.245. The highest BCUT2D eigenvalue weighted by Crippen LogP contribution is 2.15. The predicted molar refractivity (Wildman–Crippen MR) is 62.2 cm³/mol. The lowest BCUT2D eigenvalue weighted by atomic mass is 10.3. The van der Waals surface area contributed by atoms with Crippen molar-refractivity contribution in [2.24, 2.45) is 0 Å². The Morgan fingerprint density at radius 1 is 1.25 bits per heavy atom. The van der Waals surface area contributed by atoms with Gasteiger partial charge in [0.1, 0.15) is 17.6 Å². The van der Waals surface area contributed by atoms with Crippen LogP contribution in [0.2, 0.25) is 0 Å². The number of ether oxygens (including phenoxy) is 2. The highest BCUT2D eigenvalue weighted by atomic mass is 16.5. The molecule has 0 fully saturated rings. The van der Waals surface area contributed by atoms with E-state index in [0.717, 1.165) is 18.6 Å². The van der Waals surface area contributed by atoms with Crippen molar-refractivity contribution in [2.45, 2.75) is 19.8 Å². The van der Waals surface area contributed by atoms with Crippen molar-refractivity contribution in [2.75, 3.05) is 13.2 Å². The van der Waals surface area contributed by atoms with Gasteiger partial charge in [0.05, 0.1) is 13.2 Å². The zero-order chi connectivity index (χ0) is 11.6. The van der Waals surface area contributed by atoms with Crippen LogP contribution in [0.5, 0.6) is 11.5 Å². The van der Waals surface area contributed by atoms with Gasteiger partial charge in [-0.05, 0) is 37.6 Å². The maximum atomic E-state index is 9.06. The summed E-state index contributed by atoms with van der Waals surface area (Å²) in [7, 11) is 0. The molecule has 0 aliphatic rings. The molecule has 1 aromatic rings. The van der Waals surface area contributed by atoms with Gasteiger partial charge < -0.3 is 14.6 Å². The van der Waals surface area contributed by atoms with E-state index < -0.39 is 0 Å². The second-order valence-electron chi connectivity index (χ2n) is 3.16. The molecule has 0 unspecified atom stereocenters. The van der Waals surface area contributed by atoms with Crippen LogP contribution in [-0.4, -0.2) is 18.3 Å². The first-order valence-corrected chi connectivity index (χ1v) is 5.34. The molecule has 0 amide bonds. The van der Waals surface area contributed by atoms with Crippen LogP contribution in [0, 0.1) is 12.0 Å². The lowest BCUT2D eigenvalue weighted by Crippen LogP contribution is -1.96. The molecule has 86 valence electrons. The number of rotatable bonds is 5. The molecule has 0 saturated heterocycles. The van der Waals surface area contributed by atoms with Crippen LogP contribution in [0.1, 0.15) is 19.8 Å². The van der Waals surface area contributed by atoms with Gasteiger partial charge in [0.25, 0.3) is 0 Å². The number of hydrogen-bond acceptors (Lipinski definition) is 3. The zero-order valence-corrected chi connectivity index (χ0v) is 9.40. The van der Waals surface area contributed by atoms with Crippen LogP contribution >= 0.6 is 0 Å². The number of phenols is 1. The molecule has 0 aliphatic heterocycles. The van der Waals surface area contributed by atoms with Gasteiger partial charge in [0, 0.05) is 6.42 Å². The Kier molecular flexibility index (Phi) is 5.72. The Balaban J connectivity index is 2.12. The van der Waals surface area contributed by atoms with Crippen molar-refractivity contribution in [1.29, 1.82) is 0 Å². The molecule has 1 N–H and O–H groups in total. The molecule has 0 atom stereocenters. The monoisotopic (exact) mass is 220 g/mol. The van der Waals surface area contributed by atoms with Gasteiger partial charge in [0.2, 0.25) is 0 Å². The molecule has 0 aliphatic carbocycles. The van der Waals surface area contributed by atoms with E-state index in [-0.39, 0.29) is 5.75 Å². The Morgan fingerprint density at radius 2 is 2.00 bits per heavy atom. The van der Waals surface area contributed by atoms with Gasteiger partial charge >= 0.3 is 0 Å². The molecule has 16 heavy (non-hydrogen) atoms. The molecule has 0 heterocycles. The Hall–Kier alpha value is -1.82. The summed E-state index contributed by atoms with van der Waals surface area (Å²) in [6, 6.07) is 6.68. The quantitative estimate of drug-likeness (QED) is 0.612. The summed E-state index contributed by atoms with van der Waals surface area (Å²) < 4.78 is 10.3. The van der Waals surface area contributed by atoms with Crippen LogP contribution in [0.15, 0.2) is 24.3 Å². The number of hydrogen-bond donors (Lipinski definition) is 1. The molecule has 1 aromatic carbocycles. The smallest absolute Gasteiger partial charge is 0.119 e. The van der Waals surface area contributed by atoms with E-state index in [0.29, 0.717) is 13.2 Å². The maximum Gasteiger partial charge on any atom is 0.119 e. The SMILES string of the molecule is CCOC#CCCCOc1ccc(O)cc1. The van der Waals surface area contributed by atoms with E-state index >= 15 is 0 Å². The summed E-state index contributed by atoms with van der Waals surface area (Å²) in [6.45, 7) is 3.14. The topological polar surface area (TPSA) is 38.7 Å². The van der Waals surface area contributed by atoms with Crippen molar-refractivity contribution in [1.82, 2.24) is 0 Å². The van der Waals surface area contributed by atoms with Crippen LogP contribution in [0.25, 0.3) is 0 Å². The number of aromatic hydroxyl groups is 1. The van der Waals surface area contributed by atoms with Crippen molar-refractivity contribution < 1.29 is 14.6 Å². The molecular formula is C13H16O3. The van der Waals surface area contributed by atoms with Gasteiger partial charge in [-0.15, -0.1) is 0 Å². The minimum absolute atomic E-state index is 0.245. The molecule has 0 bridgehead atoms. The average molecular weight is 220 g/mol. The second-order valence-corrected chi connectivity index (χ2v) is 3.16. The summed E-state index contributed by atoms with van der Waals surface area (Å²) in [5.41, 5.74) is 0. The highest BCUT2D eigenvalue weighted by molar-refractivity contribution is 5.29. The fraction of sp³-hybridized carbons (Fsp3) is 0.385. The second kappa shape index (κ2) is 7.47. The zero-order valence-electron chi connectivity index (χ0n) is 9.40. The van der Waals surface area contributed by atoms with Crippen LogP contribution in [0.4, 0.5) is 0 Å². The fourth-order valence-corrected chi connectivity index (χ4v) is 1.07. The Labute approximate surface area is 96.0 Å². The summed E-state index contributed by atoms with van der Waals surface area (Å²) >= 11 is 0. The number of phenolic OH excluding ortho intramolecular Hbond substituents is 1. The van der Waals surface area contributed by atoms with Crippen LogP contribution in [0.3, 0.4) is 0 Å². The standard InChI is InChI=1S/C13H16O3/c1-2-15-10-4-3-5-11-16-13-8-6-12(14)7-9-13/h6-9,14H,2-3,5,11H2,1H3. The van der Waals surface area contributed by atoms with E-state index in [9.17, 15) is 0 Å². The first kappa shape index (κ1) is 12.3. The summed E-state index contributed by atoms with van der Waals surface area (Å²) in [5, 5.41) is 9.06. The molecule has 0 aromatic heterocycles. The van der Waals surface area contributed by atoms with Gasteiger partial charge in [-0.2, -0.15) is 0 Å². The summed E-state index contributed by atoms with van der Waals surface area (Å²) in [4.78, 5) is 0. The van der Waals surface area contributed by atoms with Crippen molar-refractivity contribution in [3.8, 4) is 23.5 Å². The molecule has 0 saturated carbocycles. The highest BCUT2D eigenvalue weighted by Gasteiger charge is 1.93. The summed E-state index contributed by atoms with van der Waals surface area (Å²) in [6.07, 6.45) is 4.23. The lowest BCUT2D eigenvalue weighted by Gasteiger charge is -2.04. The number of benzene rings is 1. The number of unbranched alkanes of at least 4 members (excludes halogenated alkanes) is 1. The first-order valence-electron chi connectivity index (χ1n) is 5.34. The fourth-order valence-electron chi connectivity index (χ4n) is 1.07. The first-order chi connectivity index (χ1) is 7.83. The molecule has 0 radical (unpaired) electrons. The Morgan fingerprint density at radius 3 is 2.69 bits per heavy atom. The lowest BCUT2D eigenvalue weighted by molar-refractivity contribution is 0.297. The third-order valence-corrected chi connectivity index (χ3v) is 1.84. The summed E-state index contributed by atoms with van der Waals surface area (Å²) in [5.74, 6) is 3.89. The largest absolute Gasteiger partial charge is 0.508 e. The maximum absolute atomic E-state index is 9.06. The third-order valence-electron chi connectivity index (χ3n) is 1.84. The predicted octanol–water partition coefficient (Wildman–Crippen LogP) is 2.55. The molecule has 3 nitrogen and oxygen atoms in total.